The number of carbonyl (C=O) groups is 1. The van der Waals surface area contributed by atoms with Crippen molar-refractivity contribution in [3.8, 4) is 5.75 Å². The molecule has 2 N–H and O–H groups in total. The maximum absolute atomic E-state index is 12.0. The van der Waals surface area contributed by atoms with Gasteiger partial charge in [-0.3, -0.25) is 4.79 Å². The normalized spacial score (nSPS) is 20.1. The van der Waals surface area contributed by atoms with Crippen LogP contribution in [0.4, 0.5) is 0 Å². The zero-order valence-electron chi connectivity index (χ0n) is 8.56. The number of amides is 1. The summed E-state index contributed by atoms with van der Waals surface area (Å²) >= 11 is 5.77. The van der Waals surface area contributed by atoms with Crippen LogP contribution in [-0.4, -0.2) is 40.2 Å². The molecule has 1 saturated heterocycles. The standard InChI is InChI=1S/C11H12ClNO3/c12-7-1-2-10(15)9(5-7)11(16)13-4-3-8(14)6-13/h1-2,5,8,14-15H,3-4,6H2. The van der Waals surface area contributed by atoms with Crippen LogP contribution in [0, 0.1) is 0 Å². The molecule has 0 aromatic heterocycles. The number of phenols is 1. The lowest BCUT2D eigenvalue weighted by molar-refractivity contribution is 0.0762. The average molecular weight is 242 g/mol. The molecule has 0 radical (unpaired) electrons. The van der Waals surface area contributed by atoms with E-state index >= 15 is 0 Å². The number of phenolic OH excluding ortho intramolecular Hbond substituents is 1. The van der Waals surface area contributed by atoms with Gasteiger partial charge < -0.3 is 15.1 Å². The van der Waals surface area contributed by atoms with Crippen molar-refractivity contribution in [2.45, 2.75) is 12.5 Å². The number of rotatable bonds is 1. The van der Waals surface area contributed by atoms with Crippen molar-refractivity contribution >= 4 is 17.5 Å². The van der Waals surface area contributed by atoms with Gasteiger partial charge in [0.05, 0.1) is 11.7 Å². The fourth-order valence-electron chi connectivity index (χ4n) is 1.78. The molecule has 0 spiro atoms. The molecule has 0 aliphatic carbocycles. The molecule has 4 nitrogen and oxygen atoms in total. The molecular formula is C11H12ClNO3. The number of hydrogen-bond donors (Lipinski definition) is 2. The topological polar surface area (TPSA) is 60.8 Å². The molecule has 0 saturated carbocycles. The number of β-amino-alcohol motifs (C(OH)–C–C–N with tert-alkyl or cyclic N) is 1. The Morgan fingerprint density at radius 2 is 2.25 bits per heavy atom. The predicted octanol–water partition coefficient (Wildman–Crippen LogP) is 1.25. The zero-order chi connectivity index (χ0) is 11.7. The van der Waals surface area contributed by atoms with Crippen LogP contribution in [0.1, 0.15) is 16.8 Å². The highest BCUT2D eigenvalue weighted by molar-refractivity contribution is 6.31. The van der Waals surface area contributed by atoms with E-state index in [1.54, 1.807) is 0 Å². The molecule has 1 fully saturated rings. The molecule has 16 heavy (non-hydrogen) atoms. The second-order valence-corrected chi connectivity index (χ2v) is 4.29. The number of hydrogen-bond acceptors (Lipinski definition) is 3. The maximum atomic E-state index is 12.0. The van der Waals surface area contributed by atoms with E-state index in [9.17, 15) is 15.0 Å². The Bertz CT molecular complexity index is 422. The summed E-state index contributed by atoms with van der Waals surface area (Å²) in [5.41, 5.74) is 0.182. The van der Waals surface area contributed by atoms with Crippen molar-refractivity contribution in [3.63, 3.8) is 0 Å². The predicted molar refractivity (Wildman–Crippen MR) is 59.6 cm³/mol. The number of benzene rings is 1. The fraction of sp³-hybridized carbons (Fsp3) is 0.364. The summed E-state index contributed by atoms with van der Waals surface area (Å²) in [6.07, 6.45) is 0.109. The quantitative estimate of drug-likeness (QED) is 0.778. The summed E-state index contributed by atoms with van der Waals surface area (Å²) in [6, 6.07) is 4.35. The van der Waals surface area contributed by atoms with Crippen LogP contribution in [0.3, 0.4) is 0 Å². The Kier molecular flexibility index (Phi) is 3.03. The molecular weight excluding hydrogens is 230 g/mol. The highest BCUT2D eigenvalue weighted by Crippen LogP contribution is 2.24. The van der Waals surface area contributed by atoms with Crippen molar-refractivity contribution < 1.29 is 15.0 Å². The van der Waals surface area contributed by atoms with Gasteiger partial charge in [-0.25, -0.2) is 0 Å². The van der Waals surface area contributed by atoms with Crippen molar-refractivity contribution in [2.24, 2.45) is 0 Å². The first-order valence-corrected chi connectivity index (χ1v) is 5.41. The maximum Gasteiger partial charge on any atom is 0.257 e. The number of aliphatic hydroxyl groups excluding tert-OH is 1. The van der Waals surface area contributed by atoms with E-state index in [1.165, 1.54) is 23.1 Å². The molecule has 0 bridgehead atoms. The SMILES string of the molecule is O=C(c1cc(Cl)ccc1O)N1CCC(O)C1. The van der Waals surface area contributed by atoms with Gasteiger partial charge in [0.15, 0.2) is 0 Å². The summed E-state index contributed by atoms with van der Waals surface area (Å²) in [6.45, 7) is 0.816. The van der Waals surface area contributed by atoms with Crippen molar-refractivity contribution in [1.82, 2.24) is 4.90 Å². The Morgan fingerprint density at radius 3 is 2.88 bits per heavy atom. The molecule has 5 heteroatoms. The van der Waals surface area contributed by atoms with E-state index in [0.717, 1.165) is 0 Å². The number of carbonyl (C=O) groups excluding carboxylic acids is 1. The number of halogens is 1. The third-order valence-corrected chi connectivity index (χ3v) is 2.87. The van der Waals surface area contributed by atoms with Crippen LogP contribution in [0.25, 0.3) is 0 Å². The minimum atomic E-state index is -0.467. The summed E-state index contributed by atoms with van der Waals surface area (Å²) < 4.78 is 0. The van der Waals surface area contributed by atoms with E-state index in [0.29, 0.717) is 24.5 Å². The molecule has 1 aromatic rings. The van der Waals surface area contributed by atoms with E-state index in [2.05, 4.69) is 0 Å². The minimum Gasteiger partial charge on any atom is -0.507 e. The highest BCUT2D eigenvalue weighted by atomic mass is 35.5. The van der Waals surface area contributed by atoms with E-state index in [4.69, 9.17) is 11.6 Å². The molecule has 1 atom stereocenters. The Hall–Kier alpha value is -1.26. The Balaban J connectivity index is 2.23. The van der Waals surface area contributed by atoms with Crippen molar-refractivity contribution in [2.75, 3.05) is 13.1 Å². The fourth-order valence-corrected chi connectivity index (χ4v) is 1.95. The lowest BCUT2D eigenvalue weighted by Crippen LogP contribution is -2.29. The largest absolute Gasteiger partial charge is 0.507 e. The van der Waals surface area contributed by atoms with Crippen molar-refractivity contribution in [1.29, 1.82) is 0 Å². The monoisotopic (exact) mass is 241 g/mol. The average Bonchev–Trinajstić information content (AvgIpc) is 2.67. The molecule has 2 rings (SSSR count). The van der Waals surface area contributed by atoms with Crippen molar-refractivity contribution in [3.05, 3.63) is 28.8 Å². The van der Waals surface area contributed by atoms with Crippen LogP contribution in [0.5, 0.6) is 5.75 Å². The minimum absolute atomic E-state index is 0.0872. The van der Waals surface area contributed by atoms with Gasteiger partial charge in [-0.1, -0.05) is 11.6 Å². The molecule has 1 unspecified atom stereocenters. The first-order valence-electron chi connectivity index (χ1n) is 5.04. The summed E-state index contributed by atoms with van der Waals surface area (Å²) in [5.74, 6) is -0.382. The molecule has 1 aromatic carbocycles. The van der Waals surface area contributed by atoms with Gasteiger partial charge in [-0.05, 0) is 24.6 Å². The number of aromatic hydroxyl groups is 1. The van der Waals surface area contributed by atoms with E-state index < -0.39 is 6.10 Å². The zero-order valence-corrected chi connectivity index (χ0v) is 9.31. The summed E-state index contributed by atoms with van der Waals surface area (Å²) in [4.78, 5) is 13.5. The van der Waals surface area contributed by atoms with Crippen LogP contribution in [-0.2, 0) is 0 Å². The Morgan fingerprint density at radius 1 is 1.50 bits per heavy atom. The highest BCUT2D eigenvalue weighted by Gasteiger charge is 2.26. The van der Waals surface area contributed by atoms with Gasteiger partial charge in [-0.15, -0.1) is 0 Å². The van der Waals surface area contributed by atoms with Gasteiger partial charge in [0.1, 0.15) is 5.75 Å². The number of likely N-dealkylation sites (tertiary alicyclic amines) is 1. The van der Waals surface area contributed by atoms with Crippen LogP contribution >= 0.6 is 11.6 Å². The first kappa shape index (κ1) is 11.2. The van der Waals surface area contributed by atoms with Crippen LogP contribution in [0.2, 0.25) is 5.02 Å². The molecule has 1 aliphatic heterocycles. The van der Waals surface area contributed by atoms with Gasteiger partial charge >= 0.3 is 0 Å². The van der Waals surface area contributed by atoms with E-state index in [1.807, 2.05) is 0 Å². The van der Waals surface area contributed by atoms with Gasteiger partial charge in [-0.2, -0.15) is 0 Å². The van der Waals surface area contributed by atoms with E-state index in [-0.39, 0.29) is 17.2 Å². The summed E-state index contributed by atoms with van der Waals surface area (Å²) in [5, 5.41) is 19.3. The first-order chi connectivity index (χ1) is 7.58. The molecule has 1 aliphatic rings. The van der Waals surface area contributed by atoms with Crippen LogP contribution < -0.4 is 0 Å². The summed E-state index contributed by atoms with van der Waals surface area (Å²) in [7, 11) is 0. The number of aliphatic hydroxyl groups is 1. The molecule has 86 valence electrons. The third-order valence-electron chi connectivity index (χ3n) is 2.64. The lowest BCUT2D eigenvalue weighted by atomic mass is 10.2. The van der Waals surface area contributed by atoms with Gasteiger partial charge in [0.2, 0.25) is 0 Å². The van der Waals surface area contributed by atoms with Gasteiger partial charge in [0.25, 0.3) is 5.91 Å². The second-order valence-electron chi connectivity index (χ2n) is 3.86. The lowest BCUT2D eigenvalue weighted by Gasteiger charge is -2.16. The molecule has 1 amide bonds. The molecule has 1 heterocycles. The van der Waals surface area contributed by atoms with Crippen LogP contribution in [0.15, 0.2) is 18.2 Å². The van der Waals surface area contributed by atoms with Gasteiger partial charge in [0, 0.05) is 18.1 Å². The Labute approximate surface area is 98.1 Å². The number of nitrogens with zero attached hydrogens (tertiary/aromatic N) is 1. The third kappa shape index (κ3) is 2.13. The smallest absolute Gasteiger partial charge is 0.257 e. The second kappa shape index (κ2) is 4.31.